The number of rotatable bonds is 10. The molecule has 0 radical (unpaired) electrons. The van der Waals surface area contributed by atoms with Crippen molar-refractivity contribution in [3.63, 3.8) is 0 Å². The highest BCUT2D eigenvalue weighted by atomic mass is 19.1. The molecule has 1 nitrogen and oxygen atoms in total. The second kappa shape index (κ2) is 9.58. The highest BCUT2D eigenvalue weighted by Gasteiger charge is 2.33. The molecule has 0 spiro atoms. The Bertz CT molecular complexity index is 528. The molecule has 0 aliphatic carbocycles. The average Bonchev–Trinajstić information content (AvgIpc) is 2.66. The smallest absolute Gasteiger partial charge is 0.231 e. The lowest BCUT2D eigenvalue weighted by atomic mass is 9.95. The first-order valence-corrected chi connectivity index (χ1v) is 9.31. The van der Waals surface area contributed by atoms with Gasteiger partial charge in [0.2, 0.25) is 6.80 Å². The van der Waals surface area contributed by atoms with Crippen LogP contribution in [0.4, 0.5) is 15.8 Å². The Hall–Kier alpha value is -1.67. The molecular formula is C22H31FN+. The van der Waals surface area contributed by atoms with Gasteiger partial charge in [-0.15, -0.1) is 0 Å². The summed E-state index contributed by atoms with van der Waals surface area (Å²) in [4.78, 5) is 0. The molecule has 2 aromatic rings. The highest BCUT2D eigenvalue weighted by molar-refractivity contribution is 5.57. The predicted octanol–water partition coefficient (Wildman–Crippen LogP) is 6.86. The van der Waals surface area contributed by atoms with Crippen LogP contribution >= 0.6 is 0 Å². The lowest BCUT2D eigenvalue weighted by molar-refractivity contribution is 0.239. The van der Waals surface area contributed by atoms with Crippen LogP contribution in [0.2, 0.25) is 0 Å². The van der Waals surface area contributed by atoms with Crippen LogP contribution < -0.4 is 4.48 Å². The van der Waals surface area contributed by atoms with Gasteiger partial charge >= 0.3 is 0 Å². The molecule has 0 N–H and O–H groups in total. The number of benzene rings is 2. The van der Waals surface area contributed by atoms with E-state index in [2.05, 4.69) is 38.1 Å². The maximum atomic E-state index is 14.5. The van der Waals surface area contributed by atoms with Crippen molar-refractivity contribution in [2.24, 2.45) is 5.92 Å². The Kier molecular flexibility index (Phi) is 7.45. The van der Waals surface area contributed by atoms with E-state index < -0.39 is 6.80 Å². The van der Waals surface area contributed by atoms with Gasteiger partial charge in [-0.05, 0) is 30.2 Å². The van der Waals surface area contributed by atoms with Crippen LogP contribution in [0, 0.1) is 5.92 Å². The molecule has 0 amide bonds. The summed E-state index contributed by atoms with van der Waals surface area (Å²) in [6.45, 7) is 4.91. The maximum Gasteiger partial charge on any atom is 0.231 e. The lowest BCUT2D eigenvalue weighted by Gasteiger charge is -2.36. The molecule has 0 bridgehead atoms. The number of para-hydroxylation sites is 2. The van der Waals surface area contributed by atoms with Crippen LogP contribution in [0.15, 0.2) is 60.7 Å². The number of hydrogen-bond acceptors (Lipinski definition) is 0. The summed E-state index contributed by atoms with van der Waals surface area (Å²) in [5, 5.41) is 0. The van der Waals surface area contributed by atoms with E-state index in [9.17, 15) is 4.39 Å². The zero-order valence-electron chi connectivity index (χ0n) is 15.1. The molecule has 0 fully saturated rings. The van der Waals surface area contributed by atoms with Crippen molar-refractivity contribution in [3.8, 4) is 0 Å². The number of nitrogens with zero attached hydrogens (tertiary/aromatic N) is 1. The summed E-state index contributed by atoms with van der Waals surface area (Å²) in [5.41, 5.74) is 2.08. The van der Waals surface area contributed by atoms with Crippen LogP contribution in [-0.2, 0) is 0 Å². The molecule has 0 saturated carbocycles. The van der Waals surface area contributed by atoms with Crippen LogP contribution in [-0.4, -0.2) is 13.3 Å². The topological polar surface area (TPSA) is 0 Å². The van der Waals surface area contributed by atoms with Crippen LogP contribution in [0.1, 0.15) is 46.0 Å². The Labute approximate surface area is 146 Å². The van der Waals surface area contributed by atoms with Crippen LogP contribution in [0.5, 0.6) is 0 Å². The summed E-state index contributed by atoms with van der Waals surface area (Å²) in [6, 6.07) is 20.3. The number of quaternary nitrogens is 1. The fourth-order valence-electron chi connectivity index (χ4n) is 3.48. The first-order valence-electron chi connectivity index (χ1n) is 9.31. The van der Waals surface area contributed by atoms with Gasteiger partial charge in [0.15, 0.2) is 0 Å². The molecule has 2 rings (SSSR count). The second-order valence-corrected chi connectivity index (χ2v) is 6.69. The maximum absolute atomic E-state index is 14.5. The highest BCUT2D eigenvalue weighted by Crippen LogP contribution is 2.36. The van der Waals surface area contributed by atoms with Gasteiger partial charge in [0, 0.05) is 6.42 Å². The summed E-state index contributed by atoms with van der Waals surface area (Å²) >= 11 is 0. The van der Waals surface area contributed by atoms with Crippen molar-refractivity contribution in [1.29, 1.82) is 0 Å². The van der Waals surface area contributed by atoms with Crippen LogP contribution in [0.3, 0.4) is 0 Å². The molecule has 24 heavy (non-hydrogen) atoms. The molecule has 0 saturated heterocycles. The fourth-order valence-corrected chi connectivity index (χ4v) is 3.48. The number of halogens is 1. The van der Waals surface area contributed by atoms with Gasteiger partial charge < -0.3 is 0 Å². The van der Waals surface area contributed by atoms with E-state index in [1.807, 2.05) is 36.4 Å². The monoisotopic (exact) mass is 328 g/mol. The van der Waals surface area contributed by atoms with Gasteiger partial charge in [-0.2, -0.15) is 4.39 Å². The van der Waals surface area contributed by atoms with Gasteiger partial charge in [0.05, 0.1) is 6.54 Å². The molecule has 1 unspecified atom stereocenters. The number of unbranched alkanes of at least 4 members (excludes halogenated alkanes) is 1. The van der Waals surface area contributed by atoms with Crippen molar-refractivity contribution in [2.75, 3.05) is 13.3 Å². The molecule has 1 atom stereocenters. The molecule has 130 valence electrons. The SMILES string of the molecule is CCCCC(CC)CC[N+](CF)(c1ccccc1)c1ccccc1. The van der Waals surface area contributed by atoms with Gasteiger partial charge in [-0.25, -0.2) is 4.48 Å². The van der Waals surface area contributed by atoms with Gasteiger partial charge in [-0.1, -0.05) is 75.9 Å². The second-order valence-electron chi connectivity index (χ2n) is 6.69. The summed E-state index contributed by atoms with van der Waals surface area (Å²) in [7, 11) is 0. The summed E-state index contributed by atoms with van der Waals surface area (Å²) < 4.78 is 14.8. The van der Waals surface area contributed by atoms with Gasteiger partial charge in [0.1, 0.15) is 11.4 Å². The van der Waals surface area contributed by atoms with E-state index in [1.165, 1.54) is 25.7 Å². The third kappa shape index (κ3) is 4.45. The van der Waals surface area contributed by atoms with E-state index in [-0.39, 0.29) is 0 Å². The Morgan fingerprint density at radius 3 is 1.79 bits per heavy atom. The first-order chi connectivity index (χ1) is 11.8. The minimum Gasteiger partial charge on any atom is -0.233 e. The zero-order chi connectivity index (χ0) is 17.3. The number of hydrogen-bond donors (Lipinski definition) is 0. The predicted molar refractivity (Wildman–Crippen MR) is 103 cm³/mol. The minimum atomic E-state index is -0.405. The quantitative estimate of drug-likeness (QED) is 0.330. The van der Waals surface area contributed by atoms with Gasteiger partial charge in [0.25, 0.3) is 0 Å². The molecule has 2 heteroatoms. The molecule has 0 heterocycles. The standard InChI is InChI=1S/C22H31FN/c1-3-5-12-20(4-2)17-18-24(19-23,21-13-8-6-9-14-21)22-15-10-7-11-16-22/h6-11,13-16,20H,3-5,12,17-19H2,1-2H3/q+1. The van der Waals surface area contributed by atoms with Crippen LogP contribution in [0.25, 0.3) is 0 Å². The van der Waals surface area contributed by atoms with Crippen molar-refractivity contribution < 1.29 is 4.39 Å². The Morgan fingerprint density at radius 1 is 0.833 bits per heavy atom. The first kappa shape index (κ1) is 18.7. The molecule has 0 aliphatic rings. The van der Waals surface area contributed by atoms with E-state index in [4.69, 9.17) is 0 Å². The lowest BCUT2D eigenvalue weighted by Crippen LogP contribution is -2.45. The third-order valence-corrected chi connectivity index (χ3v) is 5.17. The Morgan fingerprint density at radius 2 is 1.38 bits per heavy atom. The van der Waals surface area contributed by atoms with E-state index in [1.54, 1.807) is 0 Å². The third-order valence-electron chi connectivity index (χ3n) is 5.17. The van der Waals surface area contributed by atoms with E-state index >= 15 is 0 Å². The molecular weight excluding hydrogens is 297 g/mol. The minimum absolute atomic E-state index is 0.296. The molecule has 0 aromatic heterocycles. The number of alkyl halides is 1. The zero-order valence-corrected chi connectivity index (χ0v) is 15.1. The van der Waals surface area contributed by atoms with Crippen molar-refractivity contribution in [1.82, 2.24) is 4.48 Å². The molecule has 2 aromatic carbocycles. The van der Waals surface area contributed by atoms with Crippen molar-refractivity contribution >= 4 is 11.4 Å². The normalized spacial score (nSPS) is 13.0. The largest absolute Gasteiger partial charge is 0.233 e. The average molecular weight is 328 g/mol. The van der Waals surface area contributed by atoms with E-state index in [0.717, 1.165) is 24.3 Å². The van der Waals surface area contributed by atoms with E-state index in [0.29, 0.717) is 10.4 Å². The summed E-state index contributed by atoms with van der Waals surface area (Å²) in [5.74, 6) is 0.682. The van der Waals surface area contributed by atoms with Crippen molar-refractivity contribution in [3.05, 3.63) is 60.7 Å². The fraction of sp³-hybridized carbons (Fsp3) is 0.455. The van der Waals surface area contributed by atoms with Gasteiger partial charge in [-0.3, -0.25) is 0 Å². The summed E-state index contributed by atoms with van der Waals surface area (Å²) in [6.07, 6.45) is 5.99. The molecule has 0 aliphatic heterocycles. The van der Waals surface area contributed by atoms with Crippen molar-refractivity contribution in [2.45, 2.75) is 46.0 Å². The Balaban J connectivity index is 2.29.